The lowest BCUT2D eigenvalue weighted by Crippen LogP contribution is -2.34. The summed E-state index contributed by atoms with van der Waals surface area (Å²) in [6.45, 7) is 20.3. The lowest BCUT2D eigenvalue weighted by molar-refractivity contribution is -0.0226. The lowest BCUT2D eigenvalue weighted by Gasteiger charge is -2.37. The van der Waals surface area contributed by atoms with Crippen LogP contribution in [0.4, 0.5) is 0 Å². The Bertz CT molecular complexity index is 1240. The van der Waals surface area contributed by atoms with E-state index in [1.54, 1.807) is 19.9 Å². The summed E-state index contributed by atoms with van der Waals surface area (Å²) in [7, 11) is 0. The molecule has 0 aromatic carbocycles. The van der Waals surface area contributed by atoms with Gasteiger partial charge in [0.25, 0.3) is 0 Å². The van der Waals surface area contributed by atoms with Crippen molar-refractivity contribution in [1.29, 1.82) is 0 Å². The lowest BCUT2D eigenvalue weighted by atomic mass is 9.70. The summed E-state index contributed by atoms with van der Waals surface area (Å²) in [5.41, 5.74) is 7.67. The largest absolute Gasteiger partial charge is 0.393 e. The van der Waals surface area contributed by atoms with Gasteiger partial charge in [0.1, 0.15) is 6.10 Å². The maximum atomic E-state index is 10.1. The Hall–Kier alpha value is -2.98. The van der Waals surface area contributed by atoms with E-state index in [1.807, 2.05) is 37.3 Å². The Morgan fingerprint density at radius 3 is 1.70 bits per heavy atom. The van der Waals surface area contributed by atoms with Crippen LogP contribution in [0.1, 0.15) is 94.9 Å². The van der Waals surface area contributed by atoms with Crippen molar-refractivity contribution in [1.82, 2.24) is 0 Å². The van der Waals surface area contributed by atoms with E-state index in [-0.39, 0.29) is 11.5 Å². The van der Waals surface area contributed by atoms with Crippen molar-refractivity contribution in [3.63, 3.8) is 0 Å². The highest BCUT2D eigenvalue weighted by Gasteiger charge is 2.32. The maximum absolute atomic E-state index is 10.1. The number of hydrogen-bond acceptors (Lipinski definition) is 3. The molecule has 0 aromatic heterocycles. The first-order chi connectivity index (χ1) is 20.0. The molecule has 0 heterocycles. The Morgan fingerprint density at radius 1 is 0.791 bits per heavy atom. The van der Waals surface area contributed by atoms with Crippen LogP contribution in [0.25, 0.3) is 0 Å². The fourth-order valence-corrected chi connectivity index (χ4v) is 4.98. The second-order valence-corrected chi connectivity index (χ2v) is 13.3. The van der Waals surface area contributed by atoms with Crippen LogP contribution in [0.3, 0.4) is 0 Å². The number of hydrogen-bond donors (Lipinski definition) is 3. The SMILES string of the molecule is CC1=C(CC/C(C)=C/C=C/C(C)=C/C=C/C=C(C)/C=C/C=C(C)/C=C/C=C(C)/C=C/[C@H](O)C(C)(C)O)C(C)(C)C[C@H](O)C1. The van der Waals surface area contributed by atoms with E-state index in [1.165, 1.54) is 22.3 Å². The molecule has 43 heavy (non-hydrogen) atoms. The van der Waals surface area contributed by atoms with Gasteiger partial charge in [-0.25, -0.2) is 0 Å². The average molecular weight is 587 g/mol. The van der Waals surface area contributed by atoms with Crippen molar-refractivity contribution < 1.29 is 15.3 Å². The molecular weight excluding hydrogens is 528 g/mol. The van der Waals surface area contributed by atoms with Crippen LogP contribution in [0.15, 0.2) is 130 Å². The van der Waals surface area contributed by atoms with Gasteiger partial charge in [0.2, 0.25) is 0 Å². The van der Waals surface area contributed by atoms with E-state index in [0.29, 0.717) is 0 Å². The zero-order valence-corrected chi connectivity index (χ0v) is 28.5. The molecule has 0 radical (unpaired) electrons. The predicted octanol–water partition coefficient (Wildman–Crippen LogP) is 9.91. The van der Waals surface area contributed by atoms with Gasteiger partial charge in [-0.1, -0.05) is 144 Å². The van der Waals surface area contributed by atoms with E-state index >= 15 is 0 Å². The molecule has 0 spiro atoms. The number of aliphatic hydroxyl groups excluding tert-OH is 2. The van der Waals surface area contributed by atoms with Crippen LogP contribution >= 0.6 is 0 Å². The maximum Gasteiger partial charge on any atom is 0.101 e. The molecule has 3 N–H and O–H groups in total. The third kappa shape index (κ3) is 16.4. The van der Waals surface area contributed by atoms with Crippen molar-refractivity contribution in [3.8, 4) is 0 Å². The smallest absolute Gasteiger partial charge is 0.101 e. The monoisotopic (exact) mass is 586 g/mol. The summed E-state index contributed by atoms with van der Waals surface area (Å²) in [5, 5.41) is 29.8. The Balaban J connectivity index is 2.57. The van der Waals surface area contributed by atoms with Crippen LogP contribution in [-0.2, 0) is 0 Å². The number of aliphatic hydroxyl groups is 3. The van der Waals surface area contributed by atoms with Crippen molar-refractivity contribution in [2.45, 2.75) is 113 Å². The van der Waals surface area contributed by atoms with E-state index < -0.39 is 11.7 Å². The minimum atomic E-state index is -1.15. The normalized spacial score (nSPS) is 21.1. The summed E-state index contributed by atoms with van der Waals surface area (Å²) in [4.78, 5) is 0. The van der Waals surface area contributed by atoms with E-state index in [2.05, 4.69) is 103 Å². The van der Waals surface area contributed by atoms with Gasteiger partial charge in [0.05, 0.1) is 11.7 Å². The van der Waals surface area contributed by atoms with Crippen molar-refractivity contribution in [2.75, 3.05) is 0 Å². The molecule has 0 unspecified atom stereocenters. The highest BCUT2D eigenvalue weighted by Crippen LogP contribution is 2.42. The van der Waals surface area contributed by atoms with Crippen molar-refractivity contribution in [2.24, 2.45) is 5.41 Å². The highest BCUT2D eigenvalue weighted by molar-refractivity contribution is 5.33. The van der Waals surface area contributed by atoms with Gasteiger partial charge in [-0.15, -0.1) is 0 Å². The summed E-state index contributed by atoms with van der Waals surface area (Å²) in [6.07, 6.45) is 33.1. The molecule has 0 fully saturated rings. The second kappa shape index (κ2) is 18.6. The molecule has 0 aliphatic heterocycles. The molecular formula is C40H58O3. The summed E-state index contributed by atoms with van der Waals surface area (Å²) < 4.78 is 0. The third-order valence-corrected chi connectivity index (χ3v) is 7.66. The molecule has 0 aromatic rings. The first kappa shape index (κ1) is 38.0. The van der Waals surface area contributed by atoms with E-state index in [9.17, 15) is 15.3 Å². The molecule has 3 heteroatoms. The highest BCUT2D eigenvalue weighted by atomic mass is 16.3. The van der Waals surface area contributed by atoms with Crippen LogP contribution < -0.4 is 0 Å². The molecule has 0 amide bonds. The van der Waals surface area contributed by atoms with Crippen LogP contribution in [0, 0.1) is 5.41 Å². The van der Waals surface area contributed by atoms with Gasteiger partial charge in [-0.05, 0) is 86.5 Å². The first-order valence-corrected chi connectivity index (χ1v) is 15.5. The summed E-state index contributed by atoms with van der Waals surface area (Å²) in [6, 6.07) is 0. The number of allylic oxidation sites excluding steroid dienone is 20. The zero-order chi connectivity index (χ0) is 32.6. The Morgan fingerprint density at radius 2 is 1.23 bits per heavy atom. The minimum Gasteiger partial charge on any atom is -0.393 e. The predicted molar refractivity (Wildman–Crippen MR) is 188 cm³/mol. The first-order valence-electron chi connectivity index (χ1n) is 15.5. The number of rotatable bonds is 14. The van der Waals surface area contributed by atoms with Crippen LogP contribution in [-0.4, -0.2) is 33.1 Å². The summed E-state index contributed by atoms with van der Waals surface area (Å²) >= 11 is 0. The standard InChI is InChI=1S/C40H58O3/c1-30(18-13-20-32(3)21-15-23-34(5)25-27-38(42)40(9,10)43)16-11-12-17-31(2)19-14-22-33(4)24-26-37-35(6)28-36(41)29-39(37,7)8/h11-23,25,27,36,38,41-43H,24,26,28-29H2,1-10H3/b12-11+,18-13+,19-14+,21-15+,27-25+,30-16+,31-17+,32-20+,33-22+,34-23+/t36-,38+/m1/s1. The Kier molecular flexibility index (Phi) is 16.5. The van der Waals surface area contributed by atoms with Crippen LogP contribution in [0.5, 0.6) is 0 Å². The van der Waals surface area contributed by atoms with Crippen molar-refractivity contribution >= 4 is 0 Å². The Labute approximate surface area is 263 Å². The summed E-state index contributed by atoms with van der Waals surface area (Å²) in [5.74, 6) is 0. The van der Waals surface area contributed by atoms with Gasteiger partial charge in [0.15, 0.2) is 0 Å². The topological polar surface area (TPSA) is 60.7 Å². The molecule has 236 valence electrons. The molecule has 0 saturated carbocycles. The van der Waals surface area contributed by atoms with Gasteiger partial charge >= 0.3 is 0 Å². The molecule has 1 aliphatic carbocycles. The second-order valence-electron chi connectivity index (χ2n) is 13.3. The van der Waals surface area contributed by atoms with Gasteiger partial charge < -0.3 is 15.3 Å². The van der Waals surface area contributed by atoms with E-state index in [4.69, 9.17) is 0 Å². The molecule has 0 bridgehead atoms. The van der Waals surface area contributed by atoms with E-state index in [0.717, 1.165) is 42.4 Å². The molecule has 1 rings (SSSR count). The van der Waals surface area contributed by atoms with Crippen molar-refractivity contribution in [3.05, 3.63) is 130 Å². The quantitative estimate of drug-likeness (QED) is 0.140. The molecule has 1 aliphatic rings. The van der Waals surface area contributed by atoms with Gasteiger partial charge in [-0.2, -0.15) is 0 Å². The minimum absolute atomic E-state index is 0.0846. The fourth-order valence-electron chi connectivity index (χ4n) is 4.98. The average Bonchev–Trinajstić information content (AvgIpc) is 2.88. The molecule has 3 nitrogen and oxygen atoms in total. The fraction of sp³-hybridized carbons (Fsp3) is 0.450. The van der Waals surface area contributed by atoms with Gasteiger partial charge in [-0.3, -0.25) is 0 Å². The molecule has 2 atom stereocenters. The molecule has 0 saturated heterocycles. The van der Waals surface area contributed by atoms with Crippen LogP contribution in [0.2, 0.25) is 0 Å². The van der Waals surface area contributed by atoms with Gasteiger partial charge in [0, 0.05) is 0 Å². The third-order valence-electron chi connectivity index (χ3n) is 7.66. The zero-order valence-electron chi connectivity index (χ0n) is 28.5.